The molecule has 0 fully saturated rings. The summed E-state index contributed by atoms with van der Waals surface area (Å²) in [6, 6.07) is 3.27. The summed E-state index contributed by atoms with van der Waals surface area (Å²) < 4.78 is 44.5. The van der Waals surface area contributed by atoms with Crippen molar-refractivity contribution in [2.45, 2.75) is 26.1 Å². The lowest BCUT2D eigenvalue weighted by atomic mass is 9.89. The number of nitro groups is 1. The number of ether oxygens (including phenoxy) is 1. The molecule has 0 spiro atoms. The Hall–Kier alpha value is -2.84. The fourth-order valence-corrected chi connectivity index (χ4v) is 2.87. The van der Waals surface area contributed by atoms with Crippen molar-refractivity contribution in [3.63, 3.8) is 0 Å². The highest BCUT2D eigenvalue weighted by atomic mass is 19.4. The number of dihydropyridines is 1. The second-order valence-electron chi connectivity index (χ2n) is 5.42. The van der Waals surface area contributed by atoms with Crippen LogP contribution in [-0.2, 0) is 15.7 Å². The van der Waals surface area contributed by atoms with Crippen LogP contribution >= 0.6 is 0 Å². The molecule has 1 atom stereocenters. The molecule has 1 N–H and O–H groups in total. The van der Waals surface area contributed by atoms with E-state index >= 15 is 0 Å². The number of carbonyl (C=O) groups is 1. The van der Waals surface area contributed by atoms with Gasteiger partial charge in [0.1, 0.15) is 6.04 Å². The van der Waals surface area contributed by atoms with Crippen LogP contribution in [0.1, 0.15) is 31.0 Å². The first-order chi connectivity index (χ1) is 11.6. The summed E-state index contributed by atoms with van der Waals surface area (Å²) in [7, 11) is 1.12. The van der Waals surface area contributed by atoms with Gasteiger partial charge in [0.05, 0.1) is 23.2 Å². The minimum atomic E-state index is -4.67. The summed E-state index contributed by atoms with van der Waals surface area (Å²) in [6.07, 6.45) is -4.67. The van der Waals surface area contributed by atoms with Crippen molar-refractivity contribution < 1.29 is 27.6 Å². The lowest BCUT2D eigenvalue weighted by molar-refractivity contribution is -0.432. The summed E-state index contributed by atoms with van der Waals surface area (Å²) in [4.78, 5) is 22.6. The van der Waals surface area contributed by atoms with E-state index in [1.165, 1.54) is 32.0 Å². The van der Waals surface area contributed by atoms with E-state index in [4.69, 9.17) is 0 Å². The number of benzene rings is 1. The molecule has 1 aliphatic rings. The molecule has 6 nitrogen and oxygen atoms in total. The third-order valence-electron chi connectivity index (χ3n) is 3.93. The number of alkyl halides is 3. The van der Waals surface area contributed by atoms with Crippen molar-refractivity contribution in [1.82, 2.24) is 5.32 Å². The zero-order valence-electron chi connectivity index (χ0n) is 13.6. The number of nitrogens with zero attached hydrogens (tertiary/aromatic N) is 1. The van der Waals surface area contributed by atoms with Gasteiger partial charge in [0.15, 0.2) is 0 Å². The first-order valence-corrected chi connectivity index (χ1v) is 7.17. The number of allylic oxidation sites excluding steroid dienone is 1. The largest absolute Gasteiger partial charge is 0.465 e. The highest BCUT2D eigenvalue weighted by Gasteiger charge is 2.42. The van der Waals surface area contributed by atoms with E-state index in [9.17, 15) is 28.1 Å². The lowest BCUT2D eigenvalue weighted by Crippen LogP contribution is -2.34. The predicted octanol–water partition coefficient (Wildman–Crippen LogP) is 3.35. The number of carbonyl (C=O) groups excluding carboxylic acids is 1. The number of esters is 1. The molecule has 1 aromatic rings. The maximum Gasteiger partial charge on any atom is 0.416 e. The number of hydrogen-bond donors (Lipinski definition) is 1. The second-order valence-corrected chi connectivity index (χ2v) is 5.42. The van der Waals surface area contributed by atoms with Crippen molar-refractivity contribution in [2.24, 2.45) is 0 Å². The Morgan fingerprint density at radius 3 is 2.40 bits per heavy atom. The molecular formula is C16H15F3N2O4. The van der Waals surface area contributed by atoms with Crippen LogP contribution in [0.3, 0.4) is 0 Å². The molecule has 0 saturated heterocycles. The monoisotopic (exact) mass is 356 g/mol. The molecule has 134 valence electrons. The third-order valence-corrected chi connectivity index (χ3v) is 3.93. The Labute approximate surface area is 141 Å². The fourth-order valence-electron chi connectivity index (χ4n) is 2.87. The van der Waals surface area contributed by atoms with Crippen LogP contribution in [0, 0.1) is 10.1 Å². The molecule has 0 aliphatic carbocycles. The quantitative estimate of drug-likeness (QED) is 0.510. The van der Waals surface area contributed by atoms with Crippen molar-refractivity contribution in [1.29, 1.82) is 0 Å². The molecule has 0 radical (unpaired) electrons. The molecule has 0 aromatic heterocycles. The predicted molar refractivity (Wildman–Crippen MR) is 81.7 cm³/mol. The van der Waals surface area contributed by atoms with E-state index in [0.717, 1.165) is 13.2 Å². The van der Waals surface area contributed by atoms with Gasteiger partial charge in [0.2, 0.25) is 0 Å². The van der Waals surface area contributed by atoms with Gasteiger partial charge >= 0.3 is 12.1 Å². The maximum absolute atomic E-state index is 13.3. The molecule has 1 unspecified atom stereocenters. The van der Waals surface area contributed by atoms with Gasteiger partial charge in [-0.1, -0.05) is 18.2 Å². The molecule has 1 aromatic carbocycles. The highest BCUT2D eigenvalue weighted by Crippen LogP contribution is 2.40. The normalized spacial score (nSPS) is 18.1. The Balaban J connectivity index is 2.69. The molecule has 0 saturated carbocycles. The van der Waals surface area contributed by atoms with Crippen molar-refractivity contribution in [3.8, 4) is 0 Å². The first kappa shape index (κ1) is 18.5. The molecule has 0 bridgehead atoms. The van der Waals surface area contributed by atoms with E-state index in [0.29, 0.717) is 0 Å². The highest BCUT2D eigenvalue weighted by molar-refractivity contribution is 5.94. The van der Waals surface area contributed by atoms with Crippen LogP contribution in [0.5, 0.6) is 0 Å². The van der Waals surface area contributed by atoms with Crippen LogP contribution in [0.15, 0.2) is 46.8 Å². The Kier molecular flexibility index (Phi) is 4.87. The number of methoxy groups -OCH3 is 1. The van der Waals surface area contributed by atoms with Crippen molar-refractivity contribution in [3.05, 3.63) is 68.0 Å². The minimum absolute atomic E-state index is 0.0323. The van der Waals surface area contributed by atoms with Crippen LogP contribution in [0.25, 0.3) is 0 Å². The molecule has 1 aliphatic heterocycles. The Morgan fingerprint density at radius 1 is 1.28 bits per heavy atom. The van der Waals surface area contributed by atoms with Gasteiger partial charge in [0.25, 0.3) is 5.70 Å². The summed E-state index contributed by atoms with van der Waals surface area (Å²) in [5.41, 5.74) is -1.68. The average Bonchev–Trinajstić information content (AvgIpc) is 2.52. The lowest BCUT2D eigenvalue weighted by Gasteiger charge is -2.28. The van der Waals surface area contributed by atoms with Gasteiger partial charge in [-0.05, 0) is 25.5 Å². The van der Waals surface area contributed by atoms with Gasteiger partial charge in [-0.2, -0.15) is 13.2 Å². The minimum Gasteiger partial charge on any atom is -0.465 e. The second kappa shape index (κ2) is 6.58. The summed E-state index contributed by atoms with van der Waals surface area (Å²) in [6.45, 7) is 2.77. The topological polar surface area (TPSA) is 81.5 Å². The number of rotatable bonds is 3. The Morgan fingerprint density at radius 2 is 1.88 bits per heavy atom. The summed E-state index contributed by atoms with van der Waals surface area (Å²) in [5, 5.41) is 14.2. The van der Waals surface area contributed by atoms with E-state index in [1.54, 1.807) is 0 Å². The van der Waals surface area contributed by atoms with E-state index in [-0.39, 0.29) is 22.4 Å². The van der Waals surface area contributed by atoms with Gasteiger partial charge < -0.3 is 10.1 Å². The molecule has 1 heterocycles. The Bertz CT molecular complexity index is 797. The van der Waals surface area contributed by atoms with Crippen LogP contribution in [0.2, 0.25) is 0 Å². The summed E-state index contributed by atoms with van der Waals surface area (Å²) in [5.74, 6) is -0.801. The average molecular weight is 356 g/mol. The maximum atomic E-state index is 13.3. The molecular weight excluding hydrogens is 341 g/mol. The van der Waals surface area contributed by atoms with Gasteiger partial charge in [-0.3, -0.25) is 10.1 Å². The number of hydrogen-bond acceptors (Lipinski definition) is 5. The zero-order chi connectivity index (χ0) is 18.9. The summed E-state index contributed by atoms with van der Waals surface area (Å²) >= 11 is 0. The third kappa shape index (κ3) is 3.35. The SMILES string of the molecule is COC(=O)C1=C(C)NC(c2ccccc2C(F)(F)F)C([N+](=O)[O-])=C1C. The number of halogens is 3. The standard InChI is InChI=1S/C16H15F3N2O4/c1-8-12(15(22)25-3)9(2)20-13(14(8)21(23)24)10-6-4-5-7-11(10)16(17,18)19/h4-7,13,20H,1-3H3. The zero-order valence-corrected chi connectivity index (χ0v) is 13.6. The van der Waals surface area contributed by atoms with Crippen LogP contribution in [0.4, 0.5) is 13.2 Å². The van der Waals surface area contributed by atoms with E-state index in [2.05, 4.69) is 10.1 Å². The van der Waals surface area contributed by atoms with E-state index < -0.39 is 34.4 Å². The number of nitrogens with one attached hydrogen (secondary N) is 1. The van der Waals surface area contributed by atoms with Crippen molar-refractivity contribution >= 4 is 5.97 Å². The van der Waals surface area contributed by atoms with Gasteiger partial charge in [-0.15, -0.1) is 0 Å². The van der Waals surface area contributed by atoms with Crippen LogP contribution < -0.4 is 5.32 Å². The smallest absolute Gasteiger partial charge is 0.416 e. The van der Waals surface area contributed by atoms with Gasteiger partial charge in [-0.25, -0.2) is 4.79 Å². The van der Waals surface area contributed by atoms with Gasteiger partial charge in [0, 0.05) is 11.3 Å². The fraction of sp³-hybridized carbons (Fsp3) is 0.312. The molecule has 9 heteroatoms. The van der Waals surface area contributed by atoms with Crippen molar-refractivity contribution in [2.75, 3.05) is 7.11 Å². The molecule has 0 amide bonds. The first-order valence-electron chi connectivity index (χ1n) is 7.17. The molecule has 25 heavy (non-hydrogen) atoms. The van der Waals surface area contributed by atoms with Crippen LogP contribution in [-0.4, -0.2) is 18.0 Å². The molecule has 2 rings (SSSR count). The van der Waals surface area contributed by atoms with E-state index in [1.807, 2.05) is 0 Å².